The number of hydrogen-bond acceptors (Lipinski definition) is 4. The summed E-state index contributed by atoms with van der Waals surface area (Å²) in [6.07, 6.45) is 2.75. The standard InChI is InChI=1S/C20H34N4O3S/c1-6-21-19(22-13-10-14-24(7-2)28(5,25)26)23-17-15-20(3,4)27-18-12-9-8-11-16(17)18/h8-9,11-12,17H,6-7,10,13-15H2,1-5H3,(H2,21,22,23). The van der Waals surface area contributed by atoms with Crippen molar-refractivity contribution in [3.63, 3.8) is 0 Å². The molecule has 0 saturated heterocycles. The van der Waals surface area contributed by atoms with Gasteiger partial charge in [0.1, 0.15) is 11.4 Å². The van der Waals surface area contributed by atoms with Crippen molar-refractivity contribution in [2.24, 2.45) is 4.99 Å². The Morgan fingerprint density at radius 3 is 2.68 bits per heavy atom. The monoisotopic (exact) mass is 410 g/mol. The molecule has 1 aromatic rings. The fourth-order valence-electron chi connectivity index (χ4n) is 3.41. The van der Waals surface area contributed by atoms with Crippen molar-refractivity contribution in [3.05, 3.63) is 29.8 Å². The Kier molecular flexibility index (Phi) is 7.71. The average Bonchev–Trinajstić information content (AvgIpc) is 2.59. The zero-order chi connectivity index (χ0) is 20.8. The van der Waals surface area contributed by atoms with Gasteiger partial charge in [0.05, 0.1) is 12.3 Å². The third-order valence-corrected chi connectivity index (χ3v) is 6.07. The maximum absolute atomic E-state index is 11.7. The molecule has 28 heavy (non-hydrogen) atoms. The summed E-state index contributed by atoms with van der Waals surface area (Å²) >= 11 is 0. The van der Waals surface area contributed by atoms with E-state index >= 15 is 0 Å². The summed E-state index contributed by atoms with van der Waals surface area (Å²) in [5.74, 6) is 1.64. The molecule has 1 aromatic carbocycles. The van der Waals surface area contributed by atoms with Crippen LogP contribution in [0.1, 0.15) is 52.1 Å². The van der Waals surface area contributed by atoms with Crippen molar-refractivity contribution in [2.45, 2.75) is 52.2 Å². The second kappa shape index (κ2) is 9.60. The maximum atomic E-state index is 11.7. The molecule has 1 heterocycles. The second-order valence-electron chi connectivity index (χ2n) is 7.67. The van der Waals surface area contributed by atoms with E-state index in [0.717, 1.165) is 30.2 Å². The first-order valence-electron chi connectivity index (χ1n) is 9.94. The van der Waals surface area contributed by atoms with E-state index < -0.39 is 10.0 Å². The third-order valence-electron chi connectivity index (χ3n) is 4.69. The summed E-state index contributed by atoms with van der Waals surface area (Å²) < 4.78 is 30.9. The number of ether oxygens (including phenoxy) is 1. The summed E-state index contributed by atoms with van der Waals surface area (Å²) in [7, 11) is -3.16. The molecule has 7 nitrogen and oxygen atoms in total. The normalized spacial score (nSPS) is 19.1. The average molecular weight is 411 g/mol. The van der Waals surface area contributed by atoms with Crippen LogP contribution < -0.4 is 15.4 Å². The van der Waals surface area contributed by atoms with Crippen molar-refractivity contribution in [1.82, 2.24) is 14.9 Å². The summed E-state index contributed by atoms with van der Waals surface area (Å²) in [6.45, 7) is 10.3. The van der Waals surface area contributed by atoms with Gasteiger partial charge in [-0.2, -0.15) is 0 Å². The number of sulfonamides is 1. The SMILES string of the molecule is CCNC(=NCCCN(CC)S(C)(=O)=O)NC1CC(C)(C)Oc2ccccc21. The van der Waals surface area contributed by atoms with Gasteiger partial charge in [-0.15, -0.1) is 0 Å². The van der Waals surface area contributed by atoms with Crippen LogP contribution in [0.15, 0.2) is 29.3 Å². The fourth-order valence-corrected chi connectivity index (χ4v) is 4.34. The molecule has 0 spiro atoms. The minimum atomic E-state index is -3.16. The summed E-state index contributed by atoms with van der Waals surface area (Å²) in [4.78, 5) is 4.65. The molecule has 0 aromatic heterocycles. The van der Waals surface area contributed by atoms with Crippen LogP contribution in [0.5, 0.6) is 5.75 Å². The lowest BCUT2D eigenvalue weighted by Gasteiger charge is -2.38. The molecule has 0 amide bonds. The van der Waals surface area contributed by atoms with E-state index in [9.17, 15) is 8.42 Å². The number of rotatable bonds is 8. The molecule has 0 bridgehead atoms. The van der Waals surface area contributed by atoms with E-state index in [0.29, 0.717) is 26.1 Å². The van der Waals surface area contributed by atoms with Crippen molar-refractivity contribution < 1.29 is 13.2 Å². The predicted molar refractivity (Wildman–Crippen MR) is 114 cm³/mol. The number of aliphatic imine (C=N–C) groups is 1. The van der Waals surface area contributed by atoms with Crippen LogP contribution in [0.25, 0.3) is 0 Å². The van der Waals surface area contributed by atoms with E-state index in [2.05, 4.69) is 35.5 Å². The number of guanidine groups is 1. The molecule has 0 saturated carbocycles. The van der Waals surface area contributed by atoms with Crippen molar-refractivity contribution in [3.8, 4) is 5.75 Å². The molecule has 1 unspecified atom stereocenters. The van der Waals surface area contributed by atoms with Crippen molar-refractivity contribution in [2.75, 3.05) is 32.4 Å². The summed E-state index contributed by atoms with van der Waals surface area (Å²) in [5, 5.41) is 6.81. The molecule has 2 rings (SSSR count). The number of nitrogens with one attached hydrogen (secondary N) is 2. The lowest BCUT2D eigenvalue weighted by atomic mass is 9.90. The van der Waals surface area contributed by atoms with Crippen molar-refractivity contribution in [1.29, 1.82) is 0 Å². The van der Waals surface area contributed by atoms with E-state index in [4.69, 9.17) is 4.74 Å². The number of fused-ring (bicyclic) bond motifs is 1. The van der Waals surface area contributed by atoms with Gasteiger partial charge >= 0.3 is 0 Å². The Bertz CT molecular complexity index is 777. The van der Waals surface area contributed by atoms with E-state index in [1.54, 1.807) is 0 Å². The fraction of sp³-hybridized carbons (Fsp3) is 0.650. The Morgan fingerprint density at radius 1 is 1.32 bits per heavy atom. The highest BCUT2D eigenvalue weighted by molar-refractivity contribution is 7.88. The van der Waals surface area contributed by atoms with E-state index in [1.807, 2.05) is 32.0 Å². The number of nitrogens with zero attached hydrogens (tertiary/aromatic N) is 2. The predicted octanol–water partition coefficient (Wildman–Crippen LogP) is 2.52. The van der Waals surface area contributed by atoms with Crippen LogP contribution in [0.3, 0.4) is 0 Å². The van der Waals surface area contributed by atoms with Gasteiger partial charge < -0.3 is 15.4 Å². The molecule has 8 heteroatoms. The Hall–Kier alpha value is -1.80. The van der Waals surface area contributed by atoms with Gasteiger partial charge in [-0.1, -0.05) is 25.1 Å². The molecule has 1 aliphatic heterocycles. The van der Waals surface area contributed by atoms with Gasteiger partial charge in [-0.3, -0.25) is 4.99 Å². The summed E-state index contributed by atoms with van der Waals surface area (Å²) in [6, 6.07) is 8.18. The molecular formula is C20H34N4O3S. The Labute approximate surface area is 169 Å². The van der Waals surface area contributed by atoms with Crippen LogP contribution in [0.2, 0.25) is 0 Å². The number of benzene rings is 1. The molecular weight excluding hydrogens is 376 g/mol. The highest BCUT2D eigenvalue weighted by atomic mass is 32.2. The second-order valence-corrected chi connectivity index (χ2v) is 9.65. The van der Waals surface area contributed by atoms with Crippen LogP contribution in [-0.2, 0) is 10.0 Å². The van der Waals surface area contributed by atoms with Gasteiger partial charge in [0, 0.05) is 38.2 Å². The lowest BCUT2D eigenvalue weighted by molar-refractivity contribution is 0.0694. The highest BCUT2D eigenvalue weighted by Gasteiger charge is 2.33. The number of para-hydroxylation sites is 1. The minimum absolute atomic E-state index is 0.0981. The largest absolute Gasteiger partial charge is 0.487 e. The van der Waals surface area contributed by atoms with E-state index in [1.165, 1.54) is 10.6 Å². The molecule has 0 fully saturated rings. The number of hydrogen-bond donors (Lipinski definition) is 2. The van der Waals surface area contributed by atoms with Crippen LogP contribution in [0, 0.1) is 0 Å². The smallest absolute Gasteiger partial charge is 0.211 e. The zero-order valence-corrected chi connectivity index (χ0v) is 18.5. The van der Waals surface area contributed by atoms with Gasteiger partial charge in [0.25, 0.3) is 0 Å². The van der Waals surface area contributed by atoms with Gasteiger partial charge in [0.2, 0.25) is 10.0 Å². The molecule has 1 aliphatic rings. The first-order chi connectivity index (χ1) is 13.2. The summed E-state index contributed by atoms with van der Waals surface area (Å²) in [5.41, 5.74) is 0.863. The van der Waals surface area contributed by atoms with Gasteiger partial charge in [0.15, 0.2) is 5.96 Å². The molecule has 158 valence electrons. The topological polar surface area (TPSA) is 83.0 Å². The van der Waals surface area contributed by atoms with Gasteiger partial charge in [-0.25, -0.2) is 12.7 Å². The quantitative estimate of drug-likeness (QED) is 0.391. The Morgan fingerprint density at radius 2 is 2.04 bits per heavy atom. The molecule has 0 radical (unpaired) electrons. The van der Waals surface area contributed by atoms with Gasteiger partial charge in [-0.05, 0) is 33.3 Å². The lowest BCUT2D eigenvalue weighted by Crippen LogP contribution is -2.45. The third kappa shape index (κ3) is 6.38. The van der Waals surface area contributed by atoms with Crippen LogP contribution >= 0.6 is 0 Å². The zero-order valence-electron chi connectivity index (χ0n) is 17.7. The molecule has 0 aliphatic carbocycles. The Balaban J connectivity index is 2.05. The van der Waals surface area contributed by atoms with E-state index in [-0.39, 0.29) is 11.6 Å². The van der Waals surface area contributed by atoms with Crippen LogP contribution in [-0.4, -0.2) is 56.7 Å². The first-order valence-corrected chi connectivity index (χ1v) is 11.8. The van der Waals surface area contributed by atoms with Crippen LogP contribution in [0.4, 0.5) is 0 Å². The van der Waals surface area contributed by atoms with Crippen molar-refractivity contribution >= 4 is 16.0 Å². The highest BCUT2D eigenvalue weighted by Crippen LogP contribution is 2.39. The first kappa shape index (κ1) is 22.5. The molecule has 2 N–H and O–H groups in total. The minimum Gasteiger partial charge on any atom is -0.487 e. The molecule has 1 atom stereocenters. The maximum Gasteiger partial charge on any atom is 0.211 e.